The first kappa shape index (κ1) is 23.9. The molecular weight excluding hydrogens is 502 g/mol. The predicted octanol–water partition coefficient (Wildman–Crippen LogP) is 7.29. The van der Waals surface area contributed by atoms with Crippen molar-refractivity contribution >= 4 is 23.5 Å². The summed E-state index contributed by atoms with van der Waals surface area (Å²) in [4.78, 5) is 4.73. The summed E-state index contributed by atoms with van der Waals surface area (Å²) >= 11 is 3.24. The van der Waals surface area contributed by atoms with Crippen LogP contribution in [0.3, 0.4) is 0 Å². The molecule has 0 amide bonds. The summed E-state index contributed by atoms with van der Waals surface area (Å²) in [7, 11) is 0. The molecule has 1 aliphatic rings. The molecule has 2 atom stereocenters. The maximum absolute atomic E-state index is 5.94. The molecule has 3 heterocycles. The average Bonchev–Trinajstić information content (AvgIpc) is 3.63. The van der Waals surface area contributed by atoms with Crippen molar-refractivity contribution in [2.24, 2.45) is 0 Å². The minimum absolute atomic E-state index is 0.417. The molecule has 7 nitrogen and oxygen atoms in total. The molecule has 186 valence electrons. The monoisotopic (exact) mass is 527 g/mol. The lowest BCUT2D eigenvalue weighted by Crippen LogP contribution is -2.17. The molecule has 0 bridgehead atoms. The highest BCUT2D eigenvalue weighted by molar-refractivity contribution is 7.99. The molecule has 0 aliphatic heterocycles. The van der Waals surface area contributed by atoms with Gasteiger partial charge in [-0.25, -0.2) is 0 Å². The van der Waals surface area contributed by atoms with Crippen LogP contribution in [0.25, 0.3) is 22.9 Å². The minimum Gasteiger partial charge on any atom is -0.411 e. The van der Waals surface area contributed by atoms with Crippen LogP contribution in [0.5, 0.6) is 0 Å². The van der Waals surface area contributed by atoms with Crippen LogP contribution < -0.4 is 0 Å². The van der Waals surface area contributed by atoms with Crippen LogP contribution >= 0.6 is 23.5 Å². The van der Waals surface area contributed by atoms with E-state index < -0.39 is 0 Å². The van der Waals surface area contributed by atoms with Crippen LogP contribution in [-0.4, -0.2) is 30.6 Å². The Kier molecular flexibility index (Phi) is 7.32. The Balaban J connectivity index is 1.07. The molecule has 5 aromatic rings. The zero-order chi connectivity index (χ0) is 24.9. The van der Waals surface area contributed by atoms with Gasteiger partial charge < -0.3 is 8.83 Å². The van der Waals surface area contributed by atoms with Crippen molar-refractivity contribution in [3.8, 4) is 22.9 Å². The normalized spacial score (nSPS) is 17.6. The molecule has 9 heteroatoms. The van der Waals surface area contributed by atoms with E-state index in [-0.39, 0.29) is 0 Å². The van der Waals surface area contributed by atoms with Crippen molar-refractivity contribution in [1.29, 1.82) is 0 Å². The van der Waals surface area contributed by atoms with Crippen molar-refractivity contribution in [2.75, 3.05) is 0 Å². The molecule has 37 heavy (non-hydrogen) atoms. The highest BCUT2D eigenvalue weighted by atomic mass is 32.2. The van der Waals surface area contributed by atoms with Gasteiger partial charge in [0.2, 0.25) is 11.8 Å². The quantitative estimate of drug-likeness (QED) is 0.193. The van der Waals surface area contributed by atoms with Crippen molar-refractivity contribution in [3.63, 3.8) is 0 Å². The van der Waals surface area contributed by atoms with E-state index in [4.69, 9.17) is 13.8 Å². The first-order valence-corrected chi connectivity index (χ1v) is 14.2. The Morgan fingerprint density at radius 1 is 0.757 bits per heavy atom. The second kappa shape index (κ2) is 11.3. The fourth-order valence-electron chi connectivity index (χ4n) is 4.54. The zero-order valence-electron chi connectivity index (χ0n) is 20.1. The van der Waals surface area contributed by atoms with Gasteiger partial charge in [-0.2, -0.15) is 0 Å². The maximum atomic E-state index is 5.94. The zero-order valence-corrected chi connectivity index (χ0v) is 21.7. The predicted molar refractivity (Wildman–Crippen MR) is 144 cm³/mol. The number of pyridine rings is 1. The van der Waals surface area contributed by atoms with E-state index >= 15 is 0 Å². The molecule has 1 aliphatic carbocycles. The lowest BCUT2D eigenvalue weighted by atomic mass is 9.86. The van der Waals surface area contributed by atoms with Crippen molar-refractivity contribution in [2.45, 2.75) is 53.0 Å². The Morgan fingerprint density at radius 2 is 1.43 bits per heavy atom. The van der Waals surface area contributed by atoms with Gasteiger partial charge in [0, 0.05) is 39.9 Å². The number of thioether (sulfide) groups is 2. The van der Waals surface area contributed by atoms with Crippen LogP contribution in [-0.2, 0) is 5.75 Å². The summed E-state index contributed by atoms with van der Waals surface area (Å²) in [6.07, 6.45) is 6.40. The van der Waals surface area contributed by atoms with Crippen LogP contribution in [0.1, 0.15) is 42.9 Å². The molecule has 2 aromatic carbocycles. The second-order valence-corrected chi connectivity index (χ2v) is 11.1. The summed E-state index contributed by atoms with van der Waals surface area (Å²) in [6.45, 7) is 0. The van der Waals surface area contributed by atoms with Crippen molar-refractivity contribution in [3.05, 3.63) is 90.3 Å². The van der Waals surface area contributed by atoms with E-state index in [1.54, 1.807) is 23.5 Å². The Morgan fingerprint density at radius 3 is 2.16 bits per heavy atom. The van der Waals surface area contributed by atoms with E-state index in [2.05, 4.69) is 32.5 Å². The van der Waals surface area contributed by atoms with Crippen LogP contribution in [0, 0.1) is 0 Å². The first-order valence-electron chi connectivity index (χ1n) is 12.3. The first-order chi connectivity index (χ1) is 18.3. The number of benzene rings is 2. The average molecular weight is 528 g/mol. The van der Waals surface area contributed by atoms with Crippen molar-refractivity contribution in [1.82, 2.24) is 25.4 Å². The number of hydrogen-bond acceptors (Lipinski definition) is 9. The van der Waals surface area contributed by atoms with Gasteiger partial charge in [0.15, 0.2) is 0 Å². The molecule has 0 N–H and O–H groups in total. The van der Waals surface area contributed by atoms with Crippen LogP contribution in [0.4, 0.5) is 0 Å². The minimum atomic E-state index is 0.417. The largest absolute Gasteiger partial charge is 0.411 e. The topological polar surface area (TPSA) is 90.7 Å². The lowest BCUT2D eigenvalue weighted by molar-refractivity contribution is 0.434. The SMILES string of the molecule is c1ccc(-c2nnc(SCc3ccnc(C4CCCC(Sc5nnc(-c6ccccc6)o5)C4)c3)o2)cc1. The van der Waals surface area contributed by atoms with Gasteiger partial charge in [0.05, 0.1) is 0 Å². The van der Waals surface area contributed by atoms with Gasteiger partial charge in [0.1, 0.15) is 0 Å². The Hall–Kier alpha value is -3.43. The van der Waals surface area contributed by atoms with Crippen LogP contribution in [0.2, 0.25) is 0 Å². The standard InChI is InChI=1S/C28H25N5O2S2/c1-3-8-20(9-4-1)25-30-32-27(34-25)36-18-19-14-15-29-24(16-19)22-12-7-13-23(17-22)37-28-33-31-26(35-28)21-10-5-2-6-11-21/h1-6,8-11,14-16,22-23H,7,12-13,17-18H2. The highest BCUT2D eigenvalue weighted by Gasteiger charge is 2.27. The van der Waals surface area contributed by atoms with Gasteiger partial charge in [-0.1, -0.05) is 66.3 Å². The molecule has 3 aromatic heterocycles. The van der Waals surface area contributed by atoms with Gasteiger partial charge >= 0.3 is 0 Å². The third-order valence-electron chi connectivity index (χ3n) is 6.37. The van der Waals surface area contributed by atoms with Crippen molar-refractivity contribution < 1.29 is 8.83 Å². The van der Waals surface area contributed by atoms with E-state index in [1.165, 1.54) is 5.56 Å². The summed E-state index contributed by atoms with van der Waals surface area (Å²) in [5, 5.41) is 18.5. The molecule has 2 unspecified atom stereocenters. The number of nitrogens with zero attached hydrogens (tertiary/aromatic N) is 5. The summed E-state index contributed by atoms with van der Waals surface area (Å²) < 4.78 is 11.8. The second-order valence-electron chi connectivity index (χ2n) is 8.96. The Bertz CT molecular complexity index is 1440. The summed E-state index contributed by atoms with van der Waals surface area (Å²) in [5.41, 5.74) is 4.22. The molecule has 1 saturated carbocycles. The Labute approximate surface area is 223 Å². The molecular formula is C28H25N5O2S2. The van der Waals surface area contributed by atoms with Gasteiger partial charge in [-0.05, 0) is 61.2 Å². The lowest BCUT2D eigenvalue weighted by Gasteiger charge is -2.27. The third-order valence-corrected chi connectivity index (χ3v) is 8.39. The summed E-state index contributed by atoms with van der Waals surface area (Å²) in [6, 6.07) is 24.0. The van der Waals surface area contributed by atoms with Gasteiger partial charge in [0.25, 0.3) is 10.4 Å². The summed E-state index contributed by atoms with van der Waals surface area (Å²) in [5.74, 6) is 2.28. The number of hydrogen-bond donors (Lipinski definition) is 0. The maximum Gasteiger partial charge on any atom is 0.277 e. The van der Waals surface area contributed by atoms with E-state index in [0.29, 0.717) is 33.4 Å². The van der Waals surface area contributed by atoms with E-state index in [9.17, 15) is 0 Å². The fourth-order valence-corrected chi connectivity index (χ4v) is 6.36. The van der Waals surface area contributed by atoms with E-state index in [1.807, 2.05) is 66.9 Å². The van der Waals surface area contributed by atoms with E-state index in [0.717, 1.165) is 48.3 Å². The molecule has 0 radical (unpaired) electrons. The third kappa shape index (κ3) is 5.94. The smallest absolute Gasteiger partial charge is 0.277 e. The molecule has 0 saturated heterocycles. The molecule has 1 fully saturated rings. The van der Waals surface area contributed by atoms with Gasteiger partial charge in [-0.15, -0.1) is 20.4 Å². The number of rotatable bonds is 8. The molecule has 6 rings (SSSR count). The van der Waals surface area contributed by atoms with Crippen LogP contribution in [0.15, 0.2) is 98.3 Å². The number of aromatic nitrogens is 5. The fraction of sp³-hybridized carbons (Fsp3) is 0.250. The highest BCUT2D eigenvalue weighted by Crippen LogP contribution is 2.40. The molecule has 0 spiro atoms. The van der Waals surface area contributed by atoms with Gasteiger partial charge in [-0.3, -0.25) is 4.98 Å².